The average Bonchev–Trinajstić information content (AvgIpc) is 1.83. The van der Waals surface area contributed by atoms with Gasteiger partial charge in [0.25, 0.3) is 0 Å². The van der Waals surface area contributed by atoms with Crippen molar-refractivity contribution in [1.82, 2.24) is 0 Å². The van der Waals surface area contributed by atoms with Crippen LogP contribution in [0.4, 0.5) is 22.0 Å². The van der Waals surface area contributed by atoms with Gasteiger partial charge in [-0.1, -0.05) is 13.5 Å². The molecule has 0 atom stereocenters. The van der Waals surface area contributed by atoms with Crippen LogP contribution in [0.25, 0.3) is 0 Å². The van der Waals surface area contributed by atoms with Crippen molar-refractivity contribution in [3.8, 4) is 0 Å². The van der Waals surface area contributed by atoms with Crippen LogP contribution in [0.3, 0.4) is 0 Å². The minimum atomic E-state index is -5.51. The van der Waals surface area contributed by atoms with E-state index in [2.05, 4.69) is 6.58 Å². The van der Waals surface area contributed by atoms with E-state index in [1.54, 1.807) is 0 Å². The zero-order chi connectivity index (χ0) is 9.28. The van der Waals surface area contributed by atoms with Crippen LogP contribution in [0, 0.1) is 0 Å². The molecule has 0 radical (unpaired) electrons. The van der Waals surface area contributed by atoms with Gasteiger partial charge in [-0.05, 0) is 6.42 Å². The van der Waals surface area contributed by atoms with E-state index in [1.165, 1.54) is 6.92 Å². The molecule has 0 aliphatic rings. The molecule has 66 valence electrons. The molecule has 0 bridgehead atoms. The second-order valence-electron chi connectivity index (χ2n) is 2.03. The van der Waals surface area contributed by atoms with Crippen LogP contribution in [0.1, 0.15) is 13.3 Å². The molecule has 0 aromatic carbocycles. The molecule has 0 N–H and O–H groups in total. The van der Waals surface area contributed by atoms with Gasteiger partial charge in [0.2, 0.25) is 0 Å². The SMILES string of the molecule is C=C(CC)C(F)(F)C(F)(F)F. The van der Waals surface area contributed by atoms with E-state index >= 15 is 0 Å². The van der Waals surface area contributed by atoms with Crippen molar-refractivity contribution in [2.24, 2.45) is 0 Å². The number of allylic oxidation sites excluding steroid dienone is 1. The Morgan fingerprint density at radius 2 is 1.55 bits per heavy atom. The van der Waals surface area contributed by atoms with Crippen molar-refractivity contribution in [2.45, 2.75) is 25.4 Å². The topological polar surface area (TPSA) is 0 Å². The van der Waals surface area contributed by atoms with Crippen molar-refractivity contribution in [2.75, 3.05) is 0 Å². The standard InChI is InChI=1S/C6H7F5/c1-3-4(2)5(7,8)6(9,10)11/h2-3H2,1H3. The quantitative estimate of drug-likeness (QED) is 0.445. The molecule has 0 saturated carbocycles. The Kier molecular flexibility index (Phi) is 2.64. The van der Waals surface area contributed by atoms with E-state index < -0.39 is 17.7 Å². The maximum absolute atomic E-state index is 12.1. The van der Waals surface area contributed by atoms with Gasteiger partial charge in [-0.2, -0.15) is 22.0 Å². The largest absolute Gasteiger partial charge is 0.457 e. The predicted molar refractivity (Wildman–Crippen MR) is 30.4 cm³/mol. The van der Waals surface area contributed by atoms with Crippen molar-refractivity contribution in [3.63, 3.8) is 0 Å². The number of hydrogen-bond donors (Lipinski definition) is 0. The highest BCUT2D eigenvalue weighted by Crippen LogP contribution is 2.41. The molecule has 0 nitrogen and oxygen atoms in total. The second-order valence-corrected chi connectivity index (χ2v) is 2.03. The van der Waals surface area contributed by atoms with E-state index in [1.807, 2.05) is 0 Å². The first-order valence-electron chi connectivity index (χ1n) is 2.86. The lowest BCUT2D eigenvalue weighted by Crippen LogP contribution is -2.37. The van der Waals surface area contributed by atoms with Gasteiger partial charge in [-0.3, -0.25) is 0 Å². The summed E-state index contributed by atoms with van der Waals surface area (Å²) in [5.74, 6) is -4.75. The number of rotatable bonds is 2. The summed E-state index contributed by atoms with van der Waals surface area (Å²) in [6.07, 6.45) is -5.90. The van der Waals surface area contributed by atoms with Gasteiger partial charge in [0.1, 0.15) is 0 Å². The number of hydrogen-bond acceptors (Lipinski definition) is 0. The summed E-state index contributed by atoms with van der Waals surface area (Å²) >= 11 is 0. The number of alkyl halides is 5. The maximum atomic E-state index is 12.1. The van der Waals surface area contributed by atoms with Crippen molar-refractivity contribution >= 4 is 0 Å². The first-order chi connectivity index (χ1) is 4.73. The fourth-order valence-corrected chi connectivity index (χ4v) is 0.422. The van der Waals surface area contributed by atoms with E-state index in [4.69, 9.17) is 0 Å². The Morgan fingerprint density at radius 3 is 1.64 bits per heavy atom. The van der Waals surface area contributed by atoms with Gasteiger partial charge in [0.05, 0.1) is 0 Å². The molecule has 0 aliphatic carbocycles. The molecule has 0 amide bonds. The molecule has 0 spiro atoms. The Bertz CT molecular complexity index is 155. The minimum absolute atomic E-state index is 0.382. The predicted octanol–water partition coefficient (Wildman–Crippen LogP) is 3.15. The van der Waals surface area contributed by atoms with E-state index in [-0.39, 0.29) is 6.42 Å². The first-order valence-corrected chi connectivity index (χ1v) is 2.86. The lowest BCUT2D eigenvalue weighted by Gasteiger charge is -2.20. The molecule has 5 heteroatoms. The molecule has 0 heterocycles. The highest BCUT2D eigenvalue weighted by Gasteiger charge is 2.58. The molecule has 0 saturated heterocycles. The summed E-state index contributed by atoms with van der Waals surface area (Å²) in [6.45, 7) is 3.84. The molecule has 11 heavy (non-hydrogen) atoms. The monoisotopic (exact) mass is 174 g/mol. The fraction of sp³-hybridized carbons (Fsp3) is 0.667. The molecule has 0 aliphatic heterocycles. The zero-order valence-electron chi connectivity index (χ0n) is 5.80. The number of halogens is 5. The van der Waals surface area contributed by atoms with Gasteiger partial charge >= 0.3 is 12.1 Å². The molecule has 0 fully saturated rings. The summed E-state index contributed by atoms with van der Waals surface area (Å²) in [5, 5.41) is 0. The van der Waals surface area contributed by atoms with Gasteiger partial charge in [-0.15, -0.1) is 0 Å². The lowest BCUT2D eigenvalue weighted by molar-refractivity contribution is -0.264. The van der Waals surface area contributed by atoms with Gasteiger partial charge in [0, 0.05) is 5.57 Å². The van der Waals surface area contributed by atoms with Crippen LogP contribution in [-0.4, -0.2) is 12.1 Å². The molecular weight excluding hydrogens is 167 g/mol. The van der Waals surface area contributed by atoms with Crippen LogP contribution < -0.4 is 0 Å². The third-order valence-electron chi connectivity index (χ3n) is 1.23. The summed E-state index contributed by atoms with van der Waals surface area (Å²) in [4.78, 5) is 0. The van der Waals surface area contributed by atoms with Crippen LogP contribution in [0.5, 0.6) is 0 Å². The molecular formula is C6H7F5. The van der Waals surface area contributed by atoms with E-state index in [0.717, 1.165) is 0 Å². The summed E-state index contributed by atoms with van der Waals surface area (Å²) in [7, 11) is 0. The normalized spacial score (nSPS) is 13.3. The second kappa shape index (κ2) is 2.79. The average molecular weight is 174 g/mol. The van der Waals surface area contributed by atoms with Crippen molar-refractivity contribution in [1.29, 1.82) is 0 Å². The summed E-state index contributed by atoms with van der Waals surface area (Å²) < 4.78 is 58.6. The summed E-state index contributed by atoms with van der Waals surface area (Å²) in [5.41, 5.74) is -1.11. The maximum Gasteiger partial charge on any atom is 0.457 e. The lowest BCUT2D eigenvalue weighted by atomic mass is 10.1. The first kappa shape index (κ1) is 10.4. The van der Waals surface area contributed by atoms with Crippen LogP contribution in [0.2, 0.25) is 0 Å². The van der Waals surface area contributed by atoms with Gasteiger partial charge in [-0.25, -0.2) is 0 Å². The molecule has 0 unspecified atom stereocenters. The fourth-order valence-electron chi connectivity index (χ4n) is 0.422. The Balaban J connectivity index is 4.59. The van der Waals surface area contributed by atoms with Crippen molar-refractivity contribution < 1.29 is 22.0 Å². The Morgan fingerprint density at radius 1 is 1.18 bits per heavy atom. The van der Waals surface area contributed by atoms with Crippen molar-refractivity contribution in [3.05, 3.63) is 12.2 Å². The van der Waals surface area contributed by atoms with Gasteiger partial charge in [0.15, 0.2) is 0 Å². The van der Waals surface area contributed by atoms with E-state index in [9.17, 15) is 22.0 Å². The molecule has 0 aromatic rings. The Hall–Kier alpha value is -0.610. The highest BCUT2D eigenvalue weighted by atomic mass is 19.4. The smallest absolute Gasteiger partial charge is 0.191 e. The molecule has 0 rings (SSSR count). The zero-order valence-corrected chi connectivity index (χ0v) is 5.80. The third-order valence-corrected chi connectivity index (χ3v) is 1.23. The molecule has 0 aromatic heterocycles. The Labute approximate surface area is 60.7 Å². The minimum Gasteiger partial charge on any atom is -0.191 e. The highest BCUT2D eigenvalue weighted by molar-refractivity contribution is 5.10. The third kappa shape index (κ3) is 1.91. The van der Waals surface area contributed by atoms with Crippen LogP contribution in [-0.2, 0) is 0 Å². The van der Waals surface area contributed by atoms with Gasteiger partial charge < -0.3 is 0 Å². The van der Waals surface area contributed by atoms with E-state index in [0.29, 0.717) is 0 Å². The van der Waals surface area contributed by atoms with Crippen LogP contribution in [0.15, 0.2) is 12.2 Å². The van der Waals surface area contributed by atoms with Crippen LogP contribution >= 0.6 is 0 Å². The summed E-state index contributed by atoms with van der Waals surface area (Å²) in [6, 6.07) is 0.